The maximum absolute atomic E-state index is 13.1. The van der Waals surface area contributed by atoms with Gasteiger partial charge in [0.1, 0.15) is 0 Å². The number of likely N-dealkylation sites (N-methyl/N-ethyl adjacent to an activating group) is 1. The van der Waals surface area contributed by atoms with E-state index in [0.717, 1.165) is 16.8 Å². The van der Waals surface area contributed by atoms with Gasteiger partial charge in [0.05, 0.1) is 13.0 Å². The Morgan fingerprint density at radius 1 is 1.07 bits per heavy atom. The van der Waals surface area contributed by atoms with E-state index in [0.29, 0.717) is 0 Å². The van der Waals surface area contributed by atoms with Crippen LogP contribution in [0.25, 0.3) is 0 Å². The molecular formula is C22H21NO5. The highest BCUT2D eigenvalue weighted by molar-refractivity contribution is 6.05. The van der Waals surface area contributed by atoms with Crippen LogP contribution in [0.1, 0.15) is 29.9 Å². The number of rotatable bonds is 5. The van der Waals surface area contributed by atoms with Gasteiger partial charge in [0, 0.05) is 25.6 Å². The first-order chi connectivity index (χ1) is 13.4. The number of carbonyl (C=O) groups excluding carboxylic acids is 3. The van der Waals surface area contributed by atoms with Crippen molar-refractivity contribution >= 4 is 23.5 Å². The summed E-state index contributed by atoms with van der Waals surface area (Å²) in [6, 6.07) is 16.9. The van der Waals surface area contributed by atoms with Crippen molar-refractivity contribution in [2.45, 2.75) is 18.8 Å². The number of hydrogen-bond acceptors (Lipinski definition) is 5. The summed E-state index contributed by atoms with van der Waals surface area (Å²) in [6.07, 6.45) is 1.50. The van der Waals surface area contributed by atoms with Gasteiger partial charge >= 0.3 is 11.9 Å². The lowest BCUT2D eigenvalue weighted by Crippen LogP contribution is -2.27. The van der Waals surface area contributed by atoms with Crippen LogP contribution in [0.2, 0.25) is 0 Å². The van der Waals surface area contributed by atoms with Crippen molar-refractivity contribution in [3.8, 4) is 0 Å². The van der Waals surface area contributed by atoms with E-state index in [-0.39, 0.29) is 11.7 Å². The summed E-state index contributed by atoms with van der Waals surface area (Å²) in [5, 5.41) is 0. The van der Waals surface area contributed by atoms with Crippen LogP contribution in [0.5, 0.6) is 0 Å². The summed E-state index contributed by atoms with van der Waals surface area (Å²) in [7, 11) is 2.93. The Hall–Kier alpha value is -3.41. The van der Waals surface area contributed by atoms with Crippen LogP contribution < -0.4 is 4.90 Å². The summed E-state index contributed by atoms with van der Waals surface area (Å²) in [4.78, 5) is 38.3. The Bertz CT molecular complexity index is 935. The molecule has 0 aromatic heterocycles. The molecule has 2 aromatic rings. The van der Waals surface area contributed by atoms with Gasteiger partial charge in [-0.3, -0.25) is 9.59 Å². The molecule has 0 spiro atoms. The van der Waals surface area contributed by atoms with Crippen molar-refractivity contribution < 1.29 is 23.9 Å². The topological polar surface area (TPSA) is 72.9 Å². The molecule has 1 aliphatic heterocycles. The van der Waals surface area contributed by atoms with Crippen LogP contribution in [-0.2, 0) is 23.9 Å². The van der Waals surface area contributed by atoms with Gasteiger partial charge in [-0.2, -0.15) is 0 Å². The molecule has 0 radical (unpaired) electrons. The van der Waals surface area contributed by atoms with E-state index in [2.05, 4.69) is 0 Å². The van der Waals surface area contributed by atoms with E-state index in [1.807, 2.05) is 54.6 Å². The number of fused-ring (bicyclic) bond motifs is 1. The van der Waals surface area contributed by atoms with Crippen LogP contribution >= 0.6 is 0 Å². The summed E-state index contributed by atoms with van der Waals surface area (Å²) in [5.41, 5.74) is 2.49. The molecule has 2 aromatic carbocycles. The SMILES string of the molecule is COC(=O)/C(=C/[C@@H](c1ccccc1)[C@@H]1C(=O)N(C)c2ccccc21)OC(C)=O. The highest BCUT2D eigenvalue weighted by Crippen LogP contribution is 2.45. The molecule has 0 saturated carbocycles. The van der Waals surface area contributed by atoms with Gasteiger partial charge in [0.15, 0.2) is 0 Å². The molecule has 0 fully saturated rings. The monoisotopic (exact) mass is 379 g/mol. The minimum Gasteiger partial charge on any atom is -0.463 e. The van der Waals surface area contributed by atoms with Crippen molar-refractivity contribution in [3.63, 3.8) is 0 Å². The number of carbonyl (C=O) groups is 3. The third kappa shape index (κ3) is 3.67. The molecule has 0 saturated heterocycles. The Morgan fingerprint density at radius 3 is 2.36 bits per heavy atom. The molecule has 2 atom stereocenters. The van der Waals surface area contributed by atoms with Gasteiger partial charge in [-0.25, -0.2) is 4.79 Å². The summed E-state index contributed by atoms with van der Waals surface area (Å²) < 4.78 is 9.84. The summed E-state index contributed by atoms with van der Waals surface area (Å²) >= 11 is 0. The number of allylic oxidation sites excluding steroid dienone is 1. The lowest BCUT2D eigenvalue weighted by molar-refractivity contribution is -0.148. The van der Waals surface area contributed by atoms with E-state index in [1.165, 1.54) is 20.1 Å². The molecular weight excluding hydrogens is 358 g/mol. The number of methoxy groups -OCH3 is 1. The molecule has 0 bridgehead atoms. The van der Waals surface area contributed by atoms with Crippen LogP contribution in [0.15, 0.2) is 66.4 Å². The van der Waals surface area contributed by atoms with Crippen LogP contribution in [0.4, 0.5) is 5.69 Å². The second-order valence-electron chi connectivity index (χ2n) is 6.49. The second kappa shape index (κ2) is 8.08. The molecule has 28 heavy (non-hydrogen) atoms. The molecule has 0 N–H and O–H groups in total. The molecule has 0 aliphatic carbocycles. The molecule has 0 unspecified atom stereocenters. The zero-order valence-corrected chi connectivity index (χ0v) is 15.9. The maximum Gasteiger partial charge on any atom is 0.373 e. The van der Waals surface area contributed by atoms with Crippen molar-refractivity contribution in [2.75, 3.05) is 19.1 Å². The fraction of sp³-hybridized carbons (Fsp3) is 0.227. The van der Waals surface area contributed by atoms with E-state index < -0.39 is 23.8 Å². The lowest BCUT2D eigenvalue weighted by Gasteiger charge is -2.21. The highest BCUT2D eigenvalue weighted by atomic mass is 16.6. The number of amides is 1. The Kier molecular flexibility index (Phi) is 5.59. The van der Waals surface area contributed by atoms with Gasteiger partial charge in [-0.1, -0.05) is 48.5 Å². The number of benzene rings is 2. The number of para-hydroxylation sites is 1. The fourth-order valence-electron chi connectivity index (χ4n) is 3.49. The first kappa shape index (κ1) is 19.4. The van der Waals surface area contributed by atoms with E-state index >= 15 is 0 Å². The molecule has 1 aliphatic rings. The molecule has 144 valence electrons. The van der Waals surface area contributed by atoms with Gasteiger partial charge in [0.25, 0.3) is 0 Å². The molecule has 3 rings (SSSR count). The van der Waals surface area contributed by atoms with Crippen molar-refractivity contribution in [1.82, 2.24) is 0 Å². The third-order valence-electron chi connectivity index (χ3n) is 4.74. The van der Waals surface area contributed by atoms with Crippen molar-refractivity contribution in [2.24, 2.45) is 0 Å². The van der Waals surface area contributed by atoms with Gasteiger partial charge < -0.3 is 14.4 Å². The standard InChI is InChI=1S/C22H21NO5/c1-14(24)28-19(22(26)27-3)13-17(15-9-5-4-6-10-15)20-16-11-7-8-12-18(16)23(2)21(20)25/h4-13,17,20H,1-3H3/b19-13-/t17-,20+/m0/s1. The van der Waals surface area contributed by atoms with Gasteiger partial charge in [0.2, 0.25) is 11.7 Å². The molecule has 1 heterocycles. The van der Waals surface area contributed by atoms with Crippen LogP contribution in [0.3, 0.4) is 0 Å². The predicted molar refractivity (Wildman–Crippen MR) is 104 cm³/mol. The Morgan fingerprint density at radius 2 is 1.71 bits per heavy atom. The largest absolute Gasteiger partial charge is 0.463 e. The first-order valence-corrected chi connectivity index (χ1v) is 8.84. The number of nitrogens with zero attached hydrogens (tertiary/aromatic N) is 1. The van der Waals surface area contributed by atoms with E-state index in [4.69, 9.17) is 9.47 Å². The Balaban J connectivity index is 2.16. The third-order valence-corrected chi connectivity index (χ3v) is 4.74. The van der Waals surface area contributed by atoms with Crippen LogP contribution in [-0.4, -0.2) is 32.0 Å². The number of anilines is 1. The number of esters is 2. The predicted octanol–water partition coefficient (Wildman–Crippen LogP) is 3.15. The smallest absolute Gasteiger partial charge is 0.373 e. The average molecular weight is 379 g/mol. The number of hydrogen-bond donors (Lipinski definition) is 0. The molecule has 1 amide bonds. The summed E-state index contributed by atoms with van der Waals surface area (Å²) in [5.74, 6) is -2.82. The second-order valence-corrected chi connectivity index (χ2v) is 6.49. The quantitative estimate of drug-likeness (QED) is 0.453. The van der Waals surface area contributed by atoms with E-state index in [9.17, 15) is 14.4 Å². The zero-order chi connectivity index (χ0) is 20.3. The zero-order valence-electron chi connectivity index (χ0n) is 15.9. The normalized spacial score (nSPS) is 17.1. The van der Waals surface area contributed by atoms with Gasteiger partial charge in [-0.05, 0) is 23.3 Å². The van der Waals surface area contributed by atoms with Gasteiger partial charge in [-0.15, -0.1) is 0 Å². The van der Waals surface area contributed by atoms with Crippen molar-refractivity contribution in [3.05, 3.63) is 77.6 Å². The Labute approximate surface area is 163 Å². The van der Waals surface area contributed by atoms with Crippen LogP contribution in [0, 0.1) is 0 Å². The van der Waals surface area contributed by atoms with E-state index in [1.54, 1.807) is 11.9 Å². The highest BCUT2D eigenvalue weighted by Gasteiger charge is 2.40. The summed E-state index contributed by atoms with van der Waals surface area (Å²) in [6.45, 7) is 1.21. The first-order valence-electron chi connectivity index (χ1n) is 8.84. The minimum atomic E-state index is -0.775. The lowest BCUT2D eigenvalue weighted by atomic mass is 9.81. The molecule has 6 nitrogen and oxygen atoms in total. The van der Waals surface area contributed by atoms with Crippen molar-refractivity contribution in [1.29, 1.82) is 0 Å². The molecule has 6 heteroatoms. The fourth-order valence-corrected chi connectivity index (χ4v) is 3.49. The minimum absolute atomic E-state index is 0.0988. The number of ether oxygens (including phenoxy) is 2. The average Bonchev–Trinajstić information content (AvgIpc) is 2.96. The maximum atomic E-state index is 13.1.